The van der Waals surface area contributed by atoms with Gasteiger partial charge in [0.2, 0.25) is 0 Å². The van der Waals surface area contributed by atoms with Gasteiger partial charge in [-0.15, -0.1) is 0 Å². The van der Waals surface area contributed by atoms with Crippen LogP contribution in [0.3, 0.4) is 0 Å². The highest BCUT2D eigenvalue weighted by Crippen LogP contribution is 2.16. The minimum Gasteiger partial charge on any atom is -0.362 e. The summed E-state index contributed by atoms with van der Waals surface area (Å²) in [6, 6.07) is 0. The summed E-state index contributed by atoms with van der Waals surface area (Å²) in [5, 5.41) is 6.94. The van der Waals surface area contributed by atoms with Crippen molar-refractivity contribution in [3.63, 3.8) is 0 Å². The Morgan fingerprint density at radius 2 is 2.21 bits per heavy atom. The van der Waals surface area contributed by atoms with E-state index < -0.39 is 6.17 Å². The van der Waals surface area contributed by atoms with Crippen LogP contribution in [-0.4, -0.2) is 31.1 Å². The van der Waals surface area contributed by atoms with Crippen molar-refractivity contribution in [3.05, 3.63) is 11.5 Å². The van der Waals surface area contributed by atoms with E-state index in [9.17, 15) is 0 Å². The lowest BCUT2D eigenvalue weighted by Gasteiger charge is -2.11. The predicted octanol–water partition coefficient (Wildman–Crippen LogP) is -1.00. The average molecular weight is 216 g/mol. The maximum atomic E-state index is 5.55. The van der Waals surface area contributed by atoms with Crippen LogP contribution in [0.5, 0.6) is 0 Å². The quantitative estimate of drug-likeness (QED) is 0.203. The van der Waals surface area contributed by atoms with E-state index in [1.165, 1.54) is 11.8 Å². The van der Waals surface area contributed by atoms with Gasteiger partial charge >= 0.3 is 0 Å². The maximum Gasteiger partial charge on any atom is 0.184 e. The van der Waals surface area contributed by atoms with Crippen molar-refractivity contribution in [1.29, 1.82) is 0 Å². The van der Waals surface area contributed by atoms with Crippen molar-refractivity contribution in [2.75, 3.05) is 13.1 Å². The first kappa shape index (κ1) is 12.9. The van der Waals surface area contributed by atoms with Gasteiger partial charge in [0.15, 0.2) is 5.17 Å². The third-order valence-corrected chi connectivity index (χ3v) is 2.24. The normalized spacial score (nSPS) is 13.4. The Hall–Kier alpha value is -1.05. The summed E-state index contributed by atoms with van der Waals surface area (Å²) in [5.74, 6) is 5.14. The first-order valence-corrected chi connectivity index (χ1v) is 4.77. The molecule has 1 unspecified atom stereocenters. The molecule has 0 heterocycles. The van der Waals surface area contributed by atoms with E-state index in [0.717, 1.165) is 0 Å². The Morgan fingerprint density at radius 3 is 2.64 bits per heavy atom. The second-order valence-electron chi connectivity index (χ2n) is 2.35. The van der Waals surface area contributed by atoms with E-state index in [1.807, 2.05) is 0 Å². The molecule has 0 aromatic carbocycles. The fraction of sp³-hybridized carbons (Fsp3) is 0.429. The molecule has 7 N–H and O–H groups in total. The zero-order valence-corrected chi connectivity index (χ0v) is 8.76. The summed E-state index contributed by atoms with van der Waals surface area (Å²) >= 11 is 1.22. The second-order valence-corrected chi connectivity index (χ2v) is 3.46. The van der Waals surface area contributed by atoms with Crippen LogP contribution in [0, 0.1) is 0 Å². The predicted molar refractivity (Wildman–Crippen MR) is 62.9 cm³/mol. The third kappa shape index (κ3) is 4.85. The topological polar surface area (TPSA) is 115 Å². The number of rotatable bonds is 5. The molecule has 14 heavy (non-hydrogen) atoms. The van der Waals surface area contributed by atoms with Crippen LogP contribution in [-0.2, 0) is 0 Å². The fourth-order valence-electron chi connectivity index (χ4n) is 0.574. The van der Waals surface area contributed by atoms with Gasteiger partial charge in [-0.2, -0.15) is 5.10 Å². The Balaban J connectivity index is 4.06. The average Bonchev–Trinajstić information content (AvgIpc) is 2.22. The van der Waals surface area contributed by atoms with Crippen LogP contribution in [0.4, 0.5) is 0 Å². The number of nitrogens with two attached hydrogens (primary N) is 3. The molecule has 0 spiro atoms. The summed E-state index contributed by atoms with van der Waals surface area (Å²) in [5.41, 5.74) is 10.9. The zero-order valence-electron chi connectivity index (χ0n) is 7.94. The van der Waals surface area contributed by atoms with E-state index in [0.29, 0.717) is 23.2 Å². The highest BCUT2D eigenvalue weighted by molar-refractivity contribution is 8.17. The van der Waals surface area contributed by atoms with Crippen LogP contribution in [0.2, 0.25) is 0 Å². The number of hydrogen-bond donors (Lipinski definition) is 4. The number of amidine groups is 1. The smallest absolute Gasteiger partial charge is 0.184 e. The molecule has 7 heteroatoms. The number of nitrogens with one attached hydrogen (secondary N) is 1. The largest absolute Gasteiger partial charge is 0.362 e. The minimum atomic E-state index is -0.517. The number of aliphatic imine (C=N–C) groups is 1. The van der Waals surface area contributed by atoms with Gasteiger partial charge in [0.25, 0.3) is 0 Å². The Kier molecular flexibility index (Phi) is 6.81. The first-order valence-electron chi connectivity index (χ1n) is 3.95. The molecule has 0 fully saturated rings. The molecule has 1 atom stereocenters. The molecule has 0 aliphatic carbocycles. The molecule has 0 amide bonds. The molecule has 6 nitrogen and oxygen atoms in total. The maximum absolute atomic E-state index is 5.55. The van der Waals surface area contributed by atoms with Crippen molar-refractivity contribution in [3.8, 4) is 0 Å². The number of hydrazone groups is 1. The summed E-state index contributed by atoms with van der Waals surface area (Å²) < 4.78 is 0. The molecule has 0 rings (SSSR count). The van der Waals surface area contributed by atoms with E-state index in [1.54, 1.807) is 0 Å². The number of thioether (sulfide) groups is 1. The highest BCUT2D eigenvalue weighted by atomic mass is 32.2. The molecule has 0 saturated carbocycles. The molecule has 0 aromatic heterocycles. The monoisotopic (exact) mass is 216 g/mol. The van der Waals surface area contributed by atoms with Gasteiger partial charge in [-0.25, -0.2) is 0 Å². The summed E-state index contributed by atoms with van der Waals surface area (Å²) in [7, 11) is 0. The third-order valence-electron chi connectivity index (χ3n) is 1.29. The van der Waals surface area contributed by atoms with Crippen LogP contribution in [0.15, 0.2) is 21.6 Å². The molecule has 0 bridgehead atoms. The van der Waals surface area contributed by atoms with Crippen molar-refractivity contribution < 1.29 is 0 Å². The van der Waals surface area contributed by atoms with Gasteiger partial charge in [-0.05, 0) is 6.72 Å². The van der Waals surface area contributed by atoms with Crippen molar-refractivity contribution in [1.82, 2.24) is 5.32 Å². The standard InChI is InChI=1S/C7H16N6S/c1-5(6(9)11-2)14-7(13-10)12-4-3-8/h6H,1-4,8-10H2,(H,12,13). The molecule has 0 radical (unpaired) electrons. The molecular formula is C7H16N6S. The van der Waals surface area contributed by atoms with Gasteiger partial charge < -0.3 is 22.6 Å². The zero-order chi connectivity index (χ0) is 11.0. The van der Waals surface area contributed by atoms with Gasteiger partial charge in [0.05, 0.1) is 0 Å². The van der Waals surface area contributed by atoms with Crippen LogP contribution < -0.4 is 22.6 Å². The van der Waals surface area contributed by atoms with Gasteiger partial charge in [-0.3, -0.25) is 4.99 Å². The Bertz CT molecular complexity index is 226. The Morgan fingerprint density at radius 1 is 1.57 bits per heavy atom. The SMILES string of the molecule is C=NC(N)C(=C)S/C(=N\N)NCCN. The van der Waals surface area contributed by atoms with E-state index in [-0.39, 0.29) is 0 Å². The molecule has 0 aliphatic heterocycles. The van der Waals surface area contributed by atoms with Crippen LogP contribution in [0.25, 0.3) is 0 Å². The first-order chi connectivity index (χ1) is 6.65. The number of nitrogens with zero attached hydrogens (tertiary/aromatic N) is 2. The van der Waals surface area contributed by atoms with E-state index in [2.05, 4.69) is 28.7 Å². The molecule has 0 saturated heterocycles. The molecule has 0 aromatic rings. The van der Waals surface area contributed by atoms with Crippen LogP contribution >= 0.6 is 11.8 Å². The number of hydrogen-bond acceptors (Lipinski definition) is 6. The van der Waals surface area contributed by atoms with Gasteiger partial charge in [0, 0.05) is 18.0 Å². The summed E-state index contributed by atoms with van der Waals surface area (Å²) in [6.07, 6.45) is -0.517. The summed E-state index contributed by atoms with van der Waals surface area (Å²) in [4.78, 5) is 4.23. The van der Waals surface area contributed by atoms with Crippen molar-refractivity contribution in [2.45, 2.75) is 6.17 Å². The van der Waals surface area contributed by atoms with Gasteiger partial charge in [-0.1, -0.05) is 18.3 Å². The van der Waals surface area contributed by atoms with Crippen molar-refractivity contribution in [2.24, 2.45) is 27.4 Å². The van der Waals surface area contributed by atoms with Crippen molar-refractivity contribution >= 4 is 23.6 Å². The molecule has 80 valence electrons. The van der Waals surface area contributed by atoms with E-state index >= 15 is 0 Å². The second kappa shape index (κ2) is 7.36. The summed E-state index contributed by atoms with van der Waals surface area (Å²) in [6.45, 7) is 8.12. The fourth-order valence-corrected chi connectivity index (χ4v) is 1.24. The lowest BCUT2D eigenvalue weighted by Crippen LogP contribution is -2.29. The van der Waals surface area contributed by atoms with Gasteiger partial charge in [0.1, 0.15) is 6.17 Å². The van der Waals surface area contributed by atoms with Crippen LogP contribution in [0.1, 0.15) is 0 Å². The Labute approximate surface area is 87.7 Å². The lowest BCUT2D eigenvalue weighted by molar-refractivity contribution is 0.871. The lowest BCUT2D eigenvalue weighted by atomic mass is 10.5. The van der Waals surface area contributed by atoms with E-state index in [4.69, 9.17) is 17.3 Å². The minimum absolute atomic E-state index is 0.498. The highest BCUT2D eigenvalue weighted by Gasteiger charge is 2.08. The molecule has 0 aliphatic rings. The molecular weight excluding hydrogens is 200 g/mol.